The Labute approximate surface area is 144 Å². The Morgan fingerprint density at radius 1 is 1.04 bits per heavy atom. The van der Waals surface area contributed by atoms with Crippen LogP contribution in [0.3, 0.4) is 0 Å². The Hall–Kier alpha value is -1.40. The van der Waals surface area contributed by atoms with E-state index >= 15 is 0 Å². The number of carbonyl (C=O) groups excluding carboxylic acids is 1. The number of fused-ring (bicyclic) bond motifs is 1. The van der Waals surface area contributed by atoms with Gasteiger partial charge in [-0.25, -0.2) is 0 Å². The highest BCUT2D eigenvalue weighted by Crippen LogP contribution is 2.23. The van der Waals surface area contributed by atoms with Crippen molar-refractivity contribution in [3.8, 4) is 0 Å². The van der Waals surface area contributed by atoms with Crippen molar-refractivity contribution < 1.29 is 4.79 Å². The van der Waals surface area contributed by atoms with E-state index in [0.717, 1.165) is 45.6 Å². The van der Waals surface area contributed by atoms with Crippen LogP contribution < -0.4 is 0 Å². The quantitative estimate of drug-likeness (QED) is 0.835. The molecular weight excluding hydrogens is 302 g/mol. The molecule has 2 fully saturated rings. The van der Waals surface area contributed by atoms with E-state index in [9.17, 15) is 4.79 Å². The van der Waals surface area contributed by atoms with Gasteiger partial charge >= 0.3 is 0 Å². The molecule has 0 unspecified atom stereocenters. The Kier molecular flexibility index (Phi) is 4.85. The fourth-order valence-electron chi connectivity index (χ4n) is 4.42. The first-order valence-corrected chi connectivity index (χ1v) is 9.54. The summed E-state index contributed by atoms with van der Waals surface area (Å²) in [5, 5.41) is 4.56. The molecule has 132 valence electrons. The zero-order valence-corrected chi connectivity index (χ0v) is 14.6. The molecule has 0 spiro atoms. The minimum atomic E-state index is 0.303. The van der Waals surface area contributed by atoms with Crippen LogP contribution in [0, 0.1) is 0 Å². The highest BCUT2D eigenvalue weighted by molar-refractivity contribution is 5.78. The van der Waals surface area contributed by atoms with E-state index in [4.69, 9.17) is 0 Å². The Bertz CT molecular complexity index is 560. The van der Waals surface area contributed by atoms with Gasteiger partial charge < -0.3 is 9.80 Å². The molecule has 6 nitrogen and oxygen atoms in total. The van der Waals surface area contributed by atoms with Crippen molar-refractivity contribution in [2.45, 2.75) is 44.7 Å². The monoisotopic (exact) mass is 331 g/mol. The summed E-state index contributed by atoms with van der Waals surface area (Å²) >= 11 is 0. The van der Waals surface area contributed by atoms with Gasteiger partial charge in [0.25, 0.3) is 0 Å². The minimum absolute atomic E-state index is 0.303. The minimum Gasteiger partial charge on any atom is -0.342 e. The molecule has 1 aromatic rings. The number of nitrogens with zero attached hydrogens (tertiary/aromatic N) is 5. The number of amides is 1. The van der Waals surface area contributed by atoms with Crippen molar-refractivity contribution in [2.24, 2.45) is 0 Å². The van der Waals surface area contributed by atoms with Gasteiger partial charge in [-0.15, -0.1) is 0 Å². The molecule has 1 aromatic heterocycles. The van der Waals surface area contributed by atoms with Crippen LogP contribution in [-0.4, -0.2) is 76.2 Å². The van der Waals surface area contributed by atoms with Gasteiger partial charge in [-0.1, -0.05) is 6.42 Å². The van der Waals surface area contributed by atoms with Gasteiger partial charge in [-0.3, -0.25) is 14.4 Å². The maximum absolute atomic E-state index is 12.5. The van der Waals surface area contributed by atoms with E-state index in [1.807, 2.05) is 11.1 Å². The van der Waals surface area contributed by atoms with E-state index in [2.05, 4.69) is 25.6 Å². The maximum atomic E-state index is 12.5. The lowest BCUT2D eigenvalue weighted by atomic mass is 10.1. The Morgan fingerprint density at radius 3 is 2.58 bits per heavy atom. The van der Waals surface area contributed by atoms with Crippen LogP contribution in [0.2, 0.25) is 0 Å². The summed E-state index contributed by atoms with van der Waals surface area (Å²) in [5.74, 6) is 0.303. The largest absolute Gasteiger partial charge is 0.342 e. The number of aromatic nitrogens is 2. The van der Waals surface area contributed by atoms with Crippen LogP contribution in [0.4, 0.5) is 0 Å². The van der Waals surface area contributed by atoms with Gasteiger partial charge in [0.2, 0.25) is 5.91 Å². The number of piperidine rings is 1. The topological polar surface area (TPSA) is 44.6 Å². The molecule has 0 bridgehead atoms. The maximum Gasteiger partial charge on any atom is 0.236 e. The average molecular weight is 331 g/mol. The second kappa shape index (κ2) is 7.23. The molecule has 0 radical (unpaired) electrons. The summed E-state index contributed by atoms with van der Waals surface area (Å²) in [6.07, 6.45) is 8.23. The van der Waals surface area contributed by atoms with Crippen LogP contribution in [0.5, 0.6) is 0 Å². The smallest absolute Gasteiger partial charge is 0.236 e. The fraction of sp³-hybridized carbons (Fsp3) is 0.778. The standard InChI is InChI=1S/C18H29N5O/c24-18(22-10-4-5-11-22)15-21-12-16-6-7-19-23(16)17(14-21)13-20-8-2-1-3-9-20/h6-7,17H,1-5,8-15H2/t17-/m1/s1. The van der Waals surface area contributed by atoms with E-state index in [0.29, 0.717) is 18.5 Å². The predicted octanol–water partition coefficient (Wildman–Crippen LogP) is 1.35. The number of carbonyl (C=O) groups is 1. The van der Waals surface area contributed by atoms with Crippen molar-refractivity contribution in [2.75, 3.05) is 45.8 Å². The summed E-state index contributed by atoms with van der Waals surface area (Å²) in [7, 11) is 0. The molecule has 4 heterocycles. The van der Waals surface area contributed by atoms with Crippen molar-refractivity contribution in [1.29, 1.82) is 0 Å². The highest BCUT2D eigenvalue weighted by Gasteiger charge is 2.30. The van der Waals surface area contributed by atoms with E-state index < -0.39 is 0 Å². The first kappa shape index (κ1) is 16.1. The summed E-state index contributed by atoms with van der Waals surface area (Å²) in [6, 6.07) is 2.48. The third-order valence-corrected chi connectivity index (χ3v) is 5.69. The molecule has 0 saturated carbocycles. The van der Waals surface area contributed by atoms with Crippen molar-refractivity contribution in [3.63, 3.8) is 0 Å². The second-order valence-electron chi connectivity index (χ2n) is 7.54. The van der Waals surface area contributed by atoms with Gasteiger partial charge in [0.05, 0.1) is 18.3 Å². The third kappa shape index (κ3) is 3.49. The van der Waals surface area contributed by atoms with Crippen LogP contribution in [-0.2, 0) is 11.3 Å². The average Bonchev–Trinajstić information content (AvgIpc) is 3.27. The highest BCUT2D eigenvalue weighted by atomic mass is 16.2. The zero-order valence-electron chi connectivity index (χ0n) is 14.6. The van der Waals surface area contributed by atoms with Gasteiger partial charge in [0, 0.05) is 38.9 Å². The van der Waals surface area contributed by atoms with E-state index in [1.165, 1.54) is 38.0 Å². The van der Waals surface area contributed by atoms with Crippen LogP contribution >= 0.6 is 0 Å². The fourth-order valence-corrected chi connectivity index (χ4v) is 4.42. The predicted molar refractivity (Wildman–Crippen MR) is 92.6 cm³/mol. The SMILES string of the molecule is O=C(CN1Cc2ccnn2[C@H](CN2CCCCC2)C1)N1CCCC1. The van der Waals surface area contributed by atoms with Gasteiger partial charge in [-0.05, 0) is 44.8 Å². The molecule has 0 N–H and O–H groups in total. The number of hydrogen-bond donors (Lipinski definition) is 0. The van der Waals surface area contributed by atoms with Crippen LogP contribution in [0.25, 0.3) is 0 Å². The summed E-state index contributed by atoms with van der Waals surface area (Å²) in [4.78, 5) is 19.4. The van der Waals surface area contributed by atoms with Crippen LogP contribution in [0.15, 0.2) is 12.3 Å². The molecule has 0 aromatic carbocycles. The number of hydrogen-bond acceptors (Lipinski definition) is 4. The first-order chi connectivity index (χ1) is 11.8. The molecule has 0 aliphatic carbocycles. The summed E-state index contributed by atoms with van der Waals surface area (Å²) in [5.41, 5.74) is 1.25. The van der Waals surface area contributed by atoms with Gasteiger partial charge in [0.1, 0.15) is 0 Å². The summed E-state index contributed by atoms with van der Waals surface area (Å²) < 4.78 is 2.20. The van der Waals surface area contributed by atoms with Crippen molar-refractivity contribution in [3.05, 3.63) is 18.0 Å². The molecule has 2 saturated heterocycles. The Balaban J connectivity index is 1.41. The van der Waals surface area contributed by atoms with E-state index in [1.54, 1.807) is 0 Å². The lowest BCUT2D eigenvalue weighted by Crippen LogP contribution is -2.47. The van der Waals surface area contributed by atoms with Crippen molar-refractivity contribution in [1.82, 2.24) is 24.5 Å². The molecular formula is C18H29N5O. The molecule has 1 amide bonds. The molecule has 1 atom stereocenters. The Morgan fingerprint density at radius 2 is 1.79 bits per heavy atom. The second-order valence-corrected chi connectivity index (χ2v) is 7.54. The van der Waals surface area contributed by atoms with Crippen LogP contribution in [0.1, 0.15) is 43.8 Å². The number of likely N-dealkylation sites (tertiary alicyclic amines) is 2. The molecule has 3 aliphatic rings. The van der Waals surface area contributed by atoms with Gasteiger partial charge in [0.15, 0.2) is 0 Å². The van der Waals surface area contributed by atoms with Gasteiger partial charge in [-0.2, -0.15) is 5.10 Å². The molecule has 6 heteroatoms. The third-order valence-electron chi connectivity index (χ3n) is 5.69. The van der Waals surface area contributed by atoms with Crippen molar-refractivity contribution >= 4 is 5.91 Å². The zero-order chi connectivity index (χ0) is 16.4. The normalized spacial score (nSPS) is 25.8. The first-order valence-electron chi connectivity index (χ1n) is 9.54. The lowest BCUT2D eigenvalue weighted by Gasteiger charge is -2.37. The lowest BCUT2D eigenvalue weighted by molar-refractivity contribution is -0.131. The van der Waals surface area contributed by atoms with E-state index in [-0.39, 0.29) is 0 Å². The summed E-state index contributed by atoms with van der Waals surface area (Å²) in [6.45, 7) is 7.70. The molecule has 4 rings (SSSR count). The molecule has 3 aliphatic heterocycles. The molecule has 24 heavy (non-hydrogen) atoms. The number of rotatable bonds is 4.